The summed E-state index contributed by atoms with van der Waals surface area (Å²) in [5, 5.41) is 8.22. The molecule has 0 atom stereocenters. The first kappa shape index (κ1) is 12.5. The summed E-state index contributed by atoms with van der Waals surface area (Å²) in [4.78, 5) is 2.42. The highest BCUT2D eigenvalue weighted by Gasteiger charge is 2.29. The molecule has 0 bridgehead atoms. The van der Waals surface area contributed by atoms with Crippen molar-refractivity contribution < 1.29 is 4.74 Å². The number of ether oxygens (including phenoxy) is 1. The van der Waals surface area contributed by atoms with E-state index in [-0.39, 0.29) is 0 Å². The molecule has 0 aromatic carbocycles. The van der Waals surface area contributed by atoms with Crippen molar-refractivity contribution in [2.75, 3.05) is 26.8 Å². The zero-order valence-corrected chi connectivity index (χ0v) is 10.4. The van der Waals surface area contributed by atoms with E-state index in [0.29, 0.717) is 12.6 Å². The van der Waals surface area contributed by atoms with Crippen molar-refractivity contribution in [2.45, 2.75) is 32.0 Å². The minimum absolute atomic E-state index is 0.596. The zero-order chi connectivity index (χ0) is 12.1. The van der Waals surface area contributed by atoms with Gasteiger partial charge in [-0.05, 0) is 12.8 Å². The highest BCUT2D eigenvalue weighted by Crippen LogP contribution is 2.27. The molecule has 96 valence electrons. The van der Waals surface area contributed by atoms with Crippen LogP contribution >= 0.6 is 0 Å². The summed E-state index contributed by atoms with van der Waals surface area (Å²) in [6.45, 7) is 3.92. The van der Waals surface area contributed by atoms with Gasteiger partial charge >= 0.3 is 0 Å². The van der Waals surface area contributed by atoms with Gasteiger partial charge in [0.05, 0.1) is 18.8 Å². The summed E-state index contributed by atoms with van der Waals surface area (Å²) in [5.41, 5.74) is 6.49. The third-order valence-corrected chi connectivity index (χ3v) is 2.96. The summed E-state index contributed by atoms with van der Waals surface area (Å²) >= 11 is 0. The fourth-order valence-corrected chi connectivity index (χ4v) is 1.90. The second-order valence-electron chi connectivity index (χ2n) is 4.46. The molecular formula is C11H21N5O. The molecule has 6 heteroatoms. The molecule has 2 N–H and O–H groups in total. The number of rotatable bonds is 8. The molecule has 1 aromatic heterocycles. The number of aromatic nitrogens is 3. The average molecular weight is 239 g/mol. The van der Waals surface area contributed by atoms with Crippen molar-refractivity contribution in [3.8, 4) is 0 Å². The lowest BCUT2D eigenvalue weighted by Gasteiger charge is -2.19. The Kier molecular flexibility index (Phi) is 4.47. The lowest BCUT2D eigenvalue weighted by atomic mass is 10.4. The van der Waals surface area contributed by atoms with Crippen molar-refractivity contribution in [3.63, 3.8) is 0 Å². The van der Waals surface area contributed by atoms with Crippen molar-refractivity contribution in [1.82, 2.24) is 19.9 Å². The summed E-state index contributed by atoms with van der Waals surface area (Å²) in [7, 11) is 1.74. The number of hydrogen-bond acceptors (Lipinski definition) is 5. The van der Waals surface area contributed by atoms with E-state index >= 15 is 0 Å². The third kappa shape index (κ3) is 3.76. The fourth-order valence-electron chi connectivity index (χ4n) is 1.90. The first-order valence-electron chi connectivity index (χ1n) is 6.15. The van der Waals surface area contributed by atoms with Crippen LogP contribution < -0.4 is 5.73 Å². The molecular weight excluding hydrogens is 218 g/mol. The molecule has 0 amide bonds. The van der Waals surface area contributed by atoms with Gasteiger partial charge in [-0.3, -0.25) is 9.58 Å². The first-order valence-corrected chi connectivity index (χ1v) is 6.15. The molecule has 6 nitrogen and oxygen atoms in total. The van der Waals surface area contributed by atoms with Crippen molar-refractivity contribution in [3.05, 3.63) is 11.9 Å². The van der Waals surface area contributed by atoms with Crippen LogP contribution in [0.1, 0.15) is 18.5 Å². The number of nitrogens with two attached hydrogens (primary N) is 1. The molecule has 1 aliphatic carbocycles. The van der Waals surface area contributed by atoms with E-state index < -0.39 is 0 Å². The predicted octanol–water partition coefficient (Wildman–Crippen LogP) is -0.152. The summed E-state index contributed by atoms with van der Waals surface area (Å²) < 4.78 is 6.93. The van der Waals surface area contributed by atoms with Crippen molar-refractivity contribution in [1.29, 1.82) is 0 Å². The van der Waals surface area contributed by atoms with E-state index in [2.05, 4.69) is 15.2 Å². The van der Waals surface area contributed by atoms with E-state index in [0.717, 1.165) is 31.9 Å². The van der Waals surface area contributed by atoms with E-state index in [9.17, 15) is 0 Å². The van der Waals surface area contributed by atoms with E-state index in [1.165, 1.54) is 12.8 Å². The van der Waals surface area contributed by atoms with Crippen LogP contribution in [0, 0.1) is 0 Å². The van der Waals surface area contributed by atoms with Gasteiger partial charge in [0.1, 0.15) is 0 Å². The van der Waals surface area contributed by atoms with Crippen LogP contribution in [-0.4, -0.2) is 52.7 Å². The Hall–Kier alpha value is -0.980. The van der Waals surface area contributed by atoms with E-state index in [1.54, 1.807) is 11.8 Å². The third-order valence-electron chi connectivity index (χ3n) is 2.96. The molecule has 1 aliphatic rings. The Balaban J connectivity index is 1.87. The van der Waals surface area contributed by atoms with Gasteiger partial charge in [0.25, 0.3) is 0 Å². The maximum Gasteiger partial charge on any atom is 0.0967 e. The van der Waals surface area contributed by atoms with Gasteiger partial charge < -0.3 is 10.5 Å². The number of methoxy groups -OCH3 is 1. The van der Waals surface area contributed by atoms with Crippen molar-refractivity contribution in [2.24, 2.45) is 5.73 Å². The van der Waals surface area contributed by atoms with Crippen LogP contribution in [-0.2, 0) is 17.8 Å². The Bertz CT molecular complexity index is 336. The van der Waals surface area contributed by atoms with Crippen LogP contribution in [0.15, 0.2) is 6.20 Å². The Morgan fingerprint density at radius 3 is 3.06 bits per heavy atom. The lowest BCUT2D eigenvalue weighted by molar-refractivity contribution is 0.139. The second kappa shape index (κ2) is 6.09. The number of hydrogen-bond donors (Lipinski definition) is 1. The lowest BCUT2D eigenvalue weighted by Crippen LogP contribution is -2.29. The van der Waals surface area contributed by atoms with Crippen LogP contribution in [0.3, 0.4) is 0 Å². The highest BCUT2D eigenvalue weighted by molar-refractivity contribution is 4.95. The van der Waals surface area contributed by atoms with Gasteiger partial charge in [-0.15, -0.1) is 5.10 Å². The Morgan fingerprint density at radius 1 is 1.59 bits per heavy atom. The SMILES string of the molecule is COCCN(Cc1cn(CCN)nn1)C1CC1. The summed E-state index contributed by atoms with van der Waals surface area (Å²) in [6, 6.07) is 0.713. The fraction of sp³-hybridized carbons (Fsp3) is 0.818. The maximum absolute atomic E-state index is 5.48. The molecule has 0 aliphatic heterocycles. The molecule has 1 saturated carbocycles. The average Bonchev–Trinajstić information content (AvgIpc) is 3.08. The second-order valence-corrected chi connectivity index (χ2v) is 4.46. The van der Waals surface area contributed by atoms with Gasteiger partial charge in [0, 0.05) is 39.0 Å². The summed E-state index contributed by atoms with van der Waals surface area (Å²) in [6.07, 6.45) is 4.57. The van der Waals surface area contributed by atoms with Gasteiger partial charge in [-0.1, -0.05) is 5.21 Å². The minimum atomic E-state index is 0.596. The van der Waals surface area contributed by atoms with Crippen LogP contribution in [0.2, 0.25) is 0 Å². The van der Waals surface area contributed by atoms with Gasteiger partial charge in [-0.25, -0.2) is 0 Å². The van der Waals surface area contributed by atoms with E-state index in [1.807, 2.05) is 6.20 Å². The quantitative estimate of drug-likeness (QED) is 0.683. The van der Waals surface area contributed by atoms with Crippen LogP contribution in [0.5, 0.6) is 0 Å². The van der Waals surface area contributed by atoms with Crippen LogP contribution in [0.4, 0.5) is 0 Å². The molecule has 2 rings (SSSR count). The van der Waals surface area contributed by atoms with E-state index in [4.69, 9.17) is 10.5 Å². The molecule has 0 spiro atoms. The summed E-state index contributed by atoms with van der Waals surface area (Å²) in [5.74, 6) is 0. The predicted molar refractivity (Wildman–Crippen MR) is 64.4 cm³/mol. The Labute approximate surface area is 102 Å². The van der Waals surface area contributed by atoms with Gasteiger partial charge in [0.2, 0.25) is 0 Å². The molecule has 0 saturated heterocycles. The van der Waals surface area contributed by atoms with Crippen LogP contribution in [0.25, 0.3) is 0 Å². The minimum Gasteiger partial charge on any atom is -0.383 e. The maximum atomic E-state index is 5.48. The van der Waals surface area contributed by atoms with Gasteiger partial charge in [-0.2, -0.15) is 0 Å². The normalized spacial score (nSPS) is 15.7. The smallest absolute Gasteiger partial charge is 0.0967 e. The highest BCUT2D eigenvalue weighted by atomic mass is 16.5. The molecule has 1 fully saturated rings. The zero-order valence-electron chi connectivity index (χ0n) is 10.4. The number of nitrogens with zero attached hydrogens (tertiary/aromatic N) is 4. The molecule has 0 unspecified atom stereocenters. The topological polar surface area (TPSA) is 69.2 Å². The molecule has 1 aromatic rings. The standard InChI is InChI=1S/C11H21N5O/c1-17-7-6-15(11-2-3-11)8-10-9-16(5-4-12)14-13-10/h9,11H,2-8,12H2,1H3. The molecule has 0 radical (unpaired) electrons. The molecule has 1 heterocycles. The van der Waals surface area contributed by atoms with Gasteiger partial charge in [0.15, 0.2) is 0 Å². The van der Waals surface area contributed by atoms with Crippen molar-refractivity contribution >= 4 is 0 Å². The Morgan fingerprint density at radius 2 is 2.41 bits per heavy atom. The first-order chi connectivity index (χ1) is 8.33. The molecule has 17 heavy (non-hydrogen) atoms. The monoisotopic (exact) mass is 239 g/mol. The largest absolute Gasteiger partial charge is 0.383 e.